The van der Waals surface area contributed by atoms with Gasteiger partial charge in [0, 0.05) is 11.6 Å². The third-order valence-electron chi connectivity index (χ3n) is 4.18. The minimum absolute atomic E-state index is 0.322. The van der Waals surface area contributed by atoms with Crippen LogP contribution in [0.15, 0.2) is 41.4 Å². The molecule has 0 atom stereocenters. The summed E-state index contributed by atoms with van der Waals surface area (Å²) in [5.74, 6) is 0.0754. The van der Waals surface area contributed by atoms with Crippen molar-refractivity contribution in [2.45, 2.75) is 39.7 Å². The van der Waals surface area contributed by atoms with Gasteiger partial charge in [0.25, 0.3) is 5.91 Å². The average molecular weight is 407 g/mol. The highest BCUT2D eigenvalue weighted by Gasteiger charge is 2.13. The lowest BCUT2D eigenvalue weighted by atomic mass is 10.0. The van der Waals surface area contributed by atoms with E-state index in [4.69, 9.17) is 23.2 Å². The van der Waals surface area contributed by atoms with Crippen molar-refractivity contribution >= 4 is 50.7 Å². The molecule has 0 radical (unpaired) electrons. The molecular formula is C20H20Cl2N2OS. The first-order chi connectivity index (χ1) is 12.4. The SMILES string of the molecule is CCCn1c(=NC(=O)c2cc(Cl)ccc2Cl)sc2cc(C(C)C)ccc21. The third kappa shape index (κ3) is 3.88. The second-order valence-electron chi connectivity index (χ2n) is 6.46. The van der Waals surface area contributed by atoms with E-state index in [1.807, 2.05) is 0 Å². The minimum Gasteiger partial charge on any atom is -0.316 e. The van der Waals surface area contributed by atoms with E-state index in [1.165, 1.54) is 16.9 Å². The fourth-order valence-corrected chi connectivity index (χ4v) is 4.26. The van der Waals surface area contributed by atoms with Crippen LogP contribution in [-0.4, -0.2) is 10.5 Å². The van der Waals surface area contributed by atoms with Crippen molar-refractivity contribution in [3.8, 4) is 0 Å². The smallest absolute Gasteiger partial charge is 0.281 e. The largest absolute Gasteiger partial charge is 0.316 e. The summed E-state index contributed by atoms with van der Waals surface area (Å²) in [5, 5.41) is 0.820. The van der Waals surface area contributed by atoms with Crippen molar-refractivity contribution in [1.29, 1.82) is 0 Å². The topological polar surface area (TPSA) is 34.4 Å². The molecule has 0 aliphatic heterocycles. The van der Waals surface area contributed by atoms with Gasteiger partial charge < -0.3 is 4.57 Å². The molecule has 0 aliphatic carbocycles. The summed E-state index contributed by atoms with van der Waals surface area (Å²) in [7, 11) is 0. The van der Waals surface area contributed by atoms with Gasteiger partial charge in [-0.1, -0.05) is 61.4 Å². The van der Waals surface area contributed by atoms with E-state index < -0.39 is 0 Å². The molecule has 136 valence electrons. The summed E-state index contributed by atoms with van der Waals surface area (Å²) in [6.45, 7) is 7.25. The number of amides is 1. The lowest BCUT2D eigenvalue weighted by molar-refractivity contribution is 0.0998. The predicted octanol–water partition coefficient (Wildman–Crippen LogP) is 6.28. The first kappa shape index (κ1) is 19.2. The van der Waals surface area contributed by atoms with Crippen molar-refractivity contribution in [2.75, 3.05) is 0 Å². The van der Waals surface area contributed by atoms with E-state index in [0.29, 0.717) is 26.3 Å². The molecule has 0 aliphatic rings. The van der Waals surface area contributed by atoms with E-state index >= 15 is 0 Å². The van der Waals surface area contributed by atoms with Crippen molar-refractivity contribution < 1.29 is 4.79 Å². The molecular weight excluding hydrogens is 387 g/mol. The number of halogens is 2. The molecule has 1 aromatic heterocycles. The Morgan fingerprint density at radius 1 is 1.19 bits per heavy atom. The van der Waals surface area contributed by atoms with Gasteiger partial charge in [0.15, 0.2) is 4.80 Å². The van der Waals surface area contributed by atoms with Crippen LogP contribution in [0.2, 0.25) is 10.0 Å². The molecule has 0 bridgehead atoms. The number of thiazole rings is 1. The number of hydrogen-bond donors (Lipinski definition) is 0. The number of fused-ring (bicyclic) bond motifs is 1. The van der Waals surface area contributed by atoms with Gasteiger partial charge in [-0.2, -0.15) is 4.99 Å². The summed E-state index contributed by atoms with van der Waals surface area (Å²) in [5.41, 5.74) is 2.70. The monoisotopic (exact) mass is 406 g/mol. The Morgan fingerprint density at radius 2 is 1.96 bits per heavy atom. The number of nitrogens with zero attached hydrogens (tertiary/aromatic N) is 2. The number of carbonyl (C=O) groups is 1. The molecule has 3 aromatic rings. The van der Waals surface area contributed by atoms with Gasteiger partial charge in [-0.3, -0.25) is 4.79 Å². The van der Waals surface area contributed by atoms with Gasteiger partial charge in [-0.15, -0.1) is 0 Å². The summed E-state index contributed by atoms with van der Waals surface area (Å²) < 4.78 is 3.23. The molecule has 1 amide bonds. The molecule has 0 saturated carbocycles. The van der Waals surface area contributed by atoms with Crippen LogP contribution in [0.4, 0.5) is 0 Å². The second-order valence-corrected chi connectivity index (χ2v) is 8.31. The summed E-state index contributed by atoms with van der Waals surface area (Å²) in [6.07, 6.45) is 0.955. The average Bonchev–Trinajstić information content (AvgIpc) is 2.94. The van der Waals surface area contributed by atoms with Crippen LogP contribution >= 0.6 is 34.5 Å². The molecule has 0 N–H and O–H groups in total. The predicted molar refractivity (Wildman–Crippen MR) is 111 cm³/mol. The molecule has 0 saturated heterocycles. The first-order valence-electron chi connectivity index (χ1n) is 8.58. The molecule has 3 nitrogen and oxygen atoms in total. The van der Waals surface area contributed by atoms with Gasteiger partial charge in [-0.05, 0) is 48.2 Å². The van der Waals surface area contributed by atoms with Crippen molar-refractivity contribution in [1.82, 2.24) is 4.57 Å². The number of aryl methyl sites for hydroxylation is 1. The number of hydrogen-bond acceptors (Lipinski definition) is 2. The van der Waals surface area contributed by atoms with Crippen LogP contribution in [0.1, 0.15) is 49.0 Å². The van der Waals surface area contributed by atoms with Crippen LogP contribution in [0.25, 0.3) is 10.2 Å². The highest BCUT2D eigenvalue weighted by Crippen LogP contribution is 2.25. The Bertz CT molecular complexity index is 1030. The zero-order chi connectivity index (χ0) is 18.8. The second kappa shape index (κ2) is 7.95. The third-order valence-corrected chi connectivity index (χ3v) is 5.78. The Labute approximate surface area is 166 Å². The van der Waals surface area contributed by atoms with Gasteiger partial charge in [0.1, 0.15) is 0 Å². The van der Waals surface area contributed by atoms with E-state index in [-0.39, 0.29) is 5.91 Å². The summed E-state index contributed by atoms with van der Waals surface area (Å²) >= 11 is 13.7. The van der Waals surface area contributed by atoms with Crippen LogP contribution in [0.3, 0.4) is 0 Å². The van der Waals surface area contributed by atoms with Crippen molar-refractivity contribution in [2.24, 2.45) is 4.99 Å². The Kier molecular flexibility index (Phi) is 5.86. The standard InChI is InChI=1S/C20H20Cl2N2OS/c1-4-9-24-17-8-5-13(12(2)3)10-18(17)26-20(24)23-19(25)15-11-14(21)6-7-16(15)22/h5-8,10-12H,4,9H2,1-3H3. The van der Waals surface area contributed by atoms with Crippen molar-refractivity contribution in [3.63, 3.8) is 0 Å². The zero-order valence-electron chi connectivity index (χ0n) is 14.9. The Morgan fingerprint density at radius 3 is 2.65 bits per heavy atom. The molecule has 0 unspecified atom stereocenters. The van der Waals surface area contributed by atoms with Gasteiger partial charge in [-0.25, -0.2) is 0 Å². The first-order valence-corrected chi connectivity index (χ1v) is 10.1. The maximum atomic E-state index is 12.7. The molecule has 3 rings (SSSR count). The van der Waals surface area contributed by atoms with Crippen LogP contribution in [0.5, 0.6) is 0 Å². The maximum absolute atomic E-state index is 12.7. The molecule has 6 heteroatoms. The normalized spacial score (nSPS) is 12.3. The van der Waals surface area contributed by atoms with E-state index in [0.717, 1.165) is 23.2 Å². The molecule has 26 heavy (non-hydrogen) atoms. The van der Waals surface area contributed by atoms with Gasteiger partial charge in [0.05, 0.1) is 20.8 Å². The van der Waals surface area contributed by atoms with Crippen LogP contribution in [-0.2, 0) is 6.54 Å². The van der Waals surface area contributed by atoms with Gasteiger partial charge in [0.2, 0.25) is 0 Å². The van der Waals surface area contributed by atoms with Crippen LogP contribution < -0.4 is 4.80 Å². The number of rotatable bonds is 4. The number of benzene rings is 2. The van der Waals surface area contributed by atoms with E-state index in [2.05, 4.69) is 48.5 Å². The minimum atomic E-state index is -0.377. The van der Waals surface area contributed by atoms with Crippen LogP contribution in [0, 0.1) is 0 Å². The quantitative estimate of drug-likeness (QED) is 0.501. The molecule has 2 aromatic carbocycles. The fraction of sp³-hybridized carbons (Fsp3) is 0.300. The summed E-state index contributed by atoms with van der Waals surface area (Å²) in [6, 6.07) is 11.3. The summed E-state index contributed by atoms with van der Waals surface area (Å²) in [4.78, 5) is 17.7. The lowest BCUT2D eigenvalue weighted by Gasteiger charge is -2.06. The van der Waals surface area contributed by atoms with Gasteiger partial charge >= 0.3 is 0 Å². The Balaban J connectivity index is 2.16. The van der Waals surface area contributed by atoms with E-state index in [1.54, 1.807) is 18.2 Å². The van der Waals surface area contributed by atoms with Crippen molar-refractivity contribution in [3.05, 3.63) is 62.4 Å². The highest BCUT2D eigenvalue weighted by molar-refractivity contribution is 7.16. The lowest BCUT2D eigenvalue weighted by Crippen LogP contribution is -2.17. The Hall–Kier alpha value is -1.62. The number of aromatic nitrogens is 1. The number of carbonyl (C=O) groups excluding carboxylic acids is 1. The zero-order valence-corrected chi connectivity index (χ0v) is 17.3. The molecule has 0 fully saturated rings. The molecule has 1 heterocycles. The fourth-order valence-electron chi connectivity index (χ4n) is 2.78. The molecule has 0 spiro atoms. The maximum Gasteiger partial charge on any atom is 0.281 e. The highest BCUT2D eigenvalue weighted by atomic mass is 35.5. The van der Waals surface area contributed by atoms with E-state index in [9.17, 15) is 4.79 Å².